The van der Waals surface area contributed by atoms with Gasteiger partial charge in [0.2, 0.25) is 0 Å². The van der Waals surface area contributed by atoms with Gasteiger partial charge in [-0.1, -0.05) is 36.8 Å². The Morgan fingerprint density at radius 2 is 1.92 bits per heavy atom. The van der Waals surface area contributed by atoms with Crippen LogP contribution in [0.3, 0.4) is 0 Å². The summed E-state index contributed by atoms with van der Waals surface area (Å²) in [7, 11) is 0. The molecule has 0 saturated heterocycles. The van der Waals surface area contributed by atoms with E-state index in [0.29, 0.717) is 0 Å². The monoisotopic (exact) mass is 162 g/mol. The zero-order valence-electron chi connectivity index (χ0n) is 7.58. The number of aryl methyl sites for hydroxylation is 1. The summed E-state index contributed by atoms with van der Waals surface area (Å²) in [6, 6.07) is 8.31. The largest absolute Gasteiger partial charge is 0.303 e. The van der Waals surface area contributed by atoms with Gasteiger partial charge in [-0.3, -0.25) is 0 Å². The molecule has 0 aliphatic rings. The fraction of sp³-hybridized carbons (Fsp3) is 0.364. The molecule has 0 aromatic heterocycles. The molecule has 0 fully saturated rings. The Hall–Kier alpha value is -1.11. The zero-order valence-corrected chi connectivity index (χ0v) is 7.58. The van der Waals surface area contributed by atoms with Crippen LogP contribution in [-0.4, -0.2) is 6.29 Å². The minimum atomic E-state index is 0.132. The summed E-state index contributed by atoms with van der Waals surface area (Å²) in [6.07, 6.45) is 1.85. The van der Waals surface area contributed by atoms with Crippen LogP contribution in [0.25, 0.3) is 0 Å². The third-order valence-corrected chi connectivity index (χ3v) is 1.91. The van der Waals surface area contributed by atoms with E-state index in [0.717, 1.165) is 12.7 Å². The molecule has 0 aliphatic carbocycles. The van der Waals surface area contributed by atoms with Crippen molar-refractivity contribution < 1.29 is 4.79 Å². The van der Waals surface area contributed by atoms with E-state index in [2.05, 4.69) is 31.2 Å². The molecular formula is C11H14O. The molecule has 1 aromatic rings. The number of carbonyl (C=O) groups is 1. The van der Waals surface area contributed by atoms with Gasteiger partial charge in [0.1, 0.15) is 6.29 Å². The van der Waals surface area contributed by atoms with Crippen LogP contribution in [0.1, 0.15) is 18.1 Å². The molecule has 0 amide bonds. The van der Waals surface area contributed by atoms with E-state index in [1.165, 1.54) is 11.1 Å². The van der Waals surface area contributed by atoms with E-state index >= 15 is 0 Å². The van der Waals surface area contributed by atoms with Crippen LogP contribution in [0.5, 0.6) is 0 Å². The molecule has 0 radical (unpaired) electrons. The Morgan fingerprint density at radius 3 is 2.42 bits per heavy atom. The number of hydrogen-bond donors (Lipinski definition) is 0. The number of aldehydes is 1. The SMILES string of the molecule is Cc1ccc(C[C@@H](C)C=O)cc1. The smallest absolute Gasteiger partial charge is 0.123 e. The summed E-state index contributed by atoms with van der Waals surface area (Å²) in [6.45, 7) is 4.00. The number of hydrogen-bond acceptors (Lipinski definition) is 1. The van der Waals surface area contributed by atoms with Crippen LogP contribution in [-0.2, 0) is 11.2 Å². The Morgan fingerprint density at radius 1 is 1.33 bits per heavy atom. The fourth-order valence-electron chi connectivity index (χ4n) is 1.14. The highest BCUT2D eigenvalue weighted by Gasteiger charge is 2.00. The van der Waals surface area contributed by atoms with E-state index in [1.807, 2.05) is 6.92 Å². The minimum absolute atomic E-state index is 0.132. The van der Waals surface area contributed by atoms with Crippen LogP contribution in [0.2, 0.25) is 0 Å². The predicted octanol–water partition coefficient (Wildman–Crippen LogP) is 2.37. The average molecular weight is 162 g/mol. The molecule has 12 heavy (non-hydrogen) atoms. The molecule has 0 unspecified atom stereocenters. The first-order valence-corrected chi connectivity index (χ1v) is 4.23. The third-order valence-electron chi connectivity index (χ3n) is 1.91. The standard InChI is InChI=1S/C11H14O/c1-9-3-5-11(6-4-9)7-10(2)8-12/h3-6,8,10H,7H2,1-2H3/t10-/m1/s1. The first-order chi connectivity index (χ1) is 5.72. The molecule has 0 spiro atoms. The lowest BCUT2D eigenvalue weighted by Crippen LogP contribution is -2.00. The van der Waals surface area contributed by atoms with Crippen LogP contribution in [0.15, 0.2) is 24.3 Å². The molecule has 0 N–H and O–H groups in total. The van der Waals surface area contributed by atoms with Crippen molar-refractivity contribution in [2.75, 3.05) is 0 Å². The molecule has 0 saturated carbocycles. The third kappa shape index (κ3) is 2.50. The van der Waals surface area contributed by atoms with Gasteiger partial charge in [0, 0.05) is 5.92 Å². The molecule has 1 heteroatoms. The summed E-state index contributed by atoms with van der Waals surface area (Å²) in [5, 5.41) is 0. The normalized spacial score (nSPS) is 12.5. The minimum Gasteiger partial charge on any atom is -0.303 e. The highest BCUT2D eigenvalue weighted by Crippen LogP contribution is 2.07. The molecule has 1 rings (SSSR count). The van der Waals surface area contributed by atoms with Gasteiger partial charge in [-0.05, 0) is 18.9 Å². The molecule has 0 bridgehead atoms. The molecule has 0 heterocycles. The average Bonchev–Trinajstić information content (AvgIpc) is 2.09. The van der Waals surface area contributed by atoms with Gasteiger partial charge in [-0.15, -0.1) is 0 Å². The maximum absolute atomic E-state index is 10.4. The maximum Gasteiger partial charge on any atom is 0.123 e. The molecular weight excluding hydrogens is 148 g/mol. The summed E-state index contributed by atoms with van der Waals surface area (Å²) in [4.78, 5) is 10.4. The van der Waals surface area contributed by atoms with E-state index < -0.39 is 0 Å². The first kappa shape index (κ1) is 8.98. The quantitative estimate of drug-likeness (QED) is 0.623. The Balaban J connectivity index is 2.64. The molecule has 1 atom stereocenters. The highest BCUT2D eigenvalue weighted by molar-refractivity contribution is 5.53. The number of carbonyl (C=O) groups excluding carboxylic acids is 1. The summed E-state index contributed by atoms with van der Waals surface area (Å²) >= 11 is 0. The van der Waals surface area contributed by atoms with Gasteiger partial charge < -0.3 is 4.79 Å². The lowest BCUT2D eigenvalue weighted by molar-refractivity contribution is -0.110. The second-order valence-corrected chi connectivity index (χ2v) is 3.30. The summed E-state index contributed by atoms with van der Waals surface area (Å²) < 4.78 is 0. The van der Waals surface area contributed by atoms with Crippen LogP contribution in [0.4, 0.5) is 0 Å². The second kappa shape index (κ2) is 4.05. The van der Waals surface area contributed by atoms with Crippen LogP contribution in [0, 0.1) is 12.8 Å². The van der Waals surface area contributed by atoms with Crippen LogP contribution >= 0.6 is 0 Å². The van der Waals surface area contributed by atoms with Gasteiger partial charge in [-0.2, -0.15) is 0 Å². The van der Waals surface area contributed by atoms with Crippen molar-refractivity contribution in [2.24, 2.45) is 5.92 Å². The van der Waals surface area contributed by atoms with E-state index in [-0.39, 0.29) is 5.92 Å². The van der Waals surface area contributed by atoms with Crippen molar-refractivity contribution in [3.63, 3.8) is 0 Å². The Bertz CT molecular complexity index is 248. The van der Waals surface area contributed by atoms with Crippen LogP contribution < -0.4 is 0 Å². The van der Waals surface area contributed by atoms with Crippen molar-refractivity contribution in [1.29, 1.82) is 0 Å². The van der Waals surface area contributed by atoms with Gasteiger partial charge in [-0.25, -0.2) is 0 Å². The Labute approximate surface area is 73.4 Å². The molecule has 1 aromatic carbocycles. The van der Waals surface area contributed by atoms with Crippen molar-refractivity contribution in [1.82, 2.24) is 0 Å². The summed E-state index contributed by atoms with van der Waals surface area (Å²) in [5.41, 5.74) is 2.50. The van der Waals surface area contributed by atoms with Gasteiger partial charge in [0.15, 0.2) is 0 Å². The molecule has 0 aliphatic heterocycles. The zero-order chi connectivity index (χ0) is 8.97. The predicted molar refractivity (Wildman–Crippen MR) is 50.1 cm³/mol. The Kier molecular flexibility index (Phi) is 3.03. The second-order valence-electron chi connectivity index (χ2n) is 3.30. The number of rotatable bonds is 3. The van der Waals surface area contributed by atoms with E-state index in [4.69, 9.17) is 0 Å². The van der Waals surface area contributed by atoms with Gasteiger partial charge >= 0.3 is 0 Å². The van der Waals surface area contributed by atoms with Crippen molar-refractivity contribution in [3.8, 4) is 0 Å². The molecule has 1 nitrogen and oxygen atoms in total. The summed E-state index contributed by atoms with van der Waals surface area (Å²) in [5.74, 6) is 0.132. The van der Waals surface area contributed by atoms with Gasteiger partial charge in [0.25, 0.3) is 0 Å². The van der Waals surface area contributed by atoms with E-state index in [1.54, 1.807) is 0 Å². The topological polar surface area (TPSA) is 17.1 Å². The van der Waals surface area contributed by atoms with Crippen molar-refractivity contribution >= 4 is 6.29 Å². The van der Waals surface area contributed by atoms with E-state index in [9.17, 15) is 4.79 Å². The first-order valence-electron chi connectivity index (χ1n) is 4.23. The lowest BCUT2D eigenvalue weighted by atomic mass is 10.0. The van der Waals surface area contributed by atoms with Gasteiger partial charge in [0.05, 0.1) is 0 Å². The van der Waals surface area contributed by atoms with Crippen molar-refractivity contribution in [3.05, 3.63) is 35.4 Å². The molecule has 64 valence electrons. The number of benzene rings is 1. The highest BCUT2D eigenvalue weighted by atomic mass is 16.1. The maximum atomic E-state index is 10.4. The fourth-order valence-corrected chi connectivity index (χ4v) is 1.14. The lowest BCUT2D eigenvalue weighted by Gasteiger charge is -2.03. The van der Waals surface area contributed by atoms with Crippen molar-refractivity contribution in [2.45, 2.75) is 20.3 Å².